The van der Waals surface area contributed by atoms with Gasteiger partial charge in [-0.1, -0.05) is 19.1 Å². The van der Waals surface area contributed by atoms with Crippen LogP contribution in [-0.2, 0) is 13.0 Å². The second-order valence-corrected chi connectivity index (χ2v) is 6.98. The molecule has 0 fully saturated rings. The van der Waals surface area contributed by atoms with Gasteiger partial charge < -0.3 is 4.57 Å². The highest BCUT2D eigenvalue weighted by Crippen LogP contribution is 2.30. The summed E-state index contributed by atoms with van der Waals surface area (Å²) in [5.41, 5.74) is 1.74. The first-order valence-electron chi connectivity index (χ1n) is 8.98. The molecule has 4 rings (SSSR count). The molecule has 0 bridgehead atoms. The summed E-state index contributed by atoms with van der Waals surface area (Å²) in [6.07, 6.45) is -3.27. The molecular weight excluding hydrogens is 389 g/mol. The topological polar surface area (TPSA) is 30.7 Å². The lowest BCUT2D eigenvalue weighted by Gasteiger charge is -2.17. The zero-order chi connectivity index (χ0) is 20.8. The van der Waals surface area contributed by atoms with Crippen LogP contribution in [0, 0.1) is 17.6 Å². The zero-order valence-corrected chi connectivity index (χ0v) is 15.3. The molecule has 2 aromatic carbocycles. The molecule has 150 valence electrons. The van der Waals surface area contributed by atoms with Crippen LogP contribution < -0.4 is 0 Å². The Hall–Kier alpha value is -3.03. The summed E-state index contributed by atoms with van der Waals surface area (Å²) in [5.74, 6) is -3.34. The van der Waals surface area contributed by atoms with Gasteiger partial charge >= 0.3 is 6.18 Å². The van der Waals surface area contributed by atoms with Crippen LogP contribution in [-0.4, -0.2) is 20.7 Å². The lowest BCUT2D eigenvalue weighted by molar-refractivity contribution is -0.169. The average Bonchev–Trinajstić information content (AvgIpc) is 3.01. The summed E-state index contributed by atoms with van der Waals surface area (Å²) >= 11 is 0. The fraction of sp³-hybridized carbons (Fsp3) is 0.238. The van der Waals surface area contributed by atoms with Gasteiger partial charge in [0.2, 0.25) is 0 Å². The summed E-state index contributed by atoms with van der Waals surface area (Å²) in [6.45, 7) is 1.27. The highest BCUT2D eigenvalue weighted by molar-refractivity contribution is 5.83. The van der Waals surface area contributed by atoms with Crippen LogP contribution >= 0.6 is 0 Å². The Morgan fingerprint density at radius 3 is 2.55 bits per heavy atom. The molecule has 0 N–H and O–H groups in total. The van der Waals surface area contributed by atoms with E-state index in [0.717, 1.165) is 13.0 Å². The maximum Gasteiger partial charge on any atom is 0.391 e. The number of alkyl halides is 3. The van der Waals surface area contributed by atoms with Crippen molar-refractivity contribution in [3.8, 4) is 0 Å². The maximum atomic E-state index is 14.1. The molecule has 0 radical (unpaired) electrons. The number of hydrogen-bond acceptors (Lipinski definition) is 2. The van der Waals surface area contributed by atoms with E-state index in [4.69, 9.17) is 0 Å². The first-order valence-corrected chi connectivity index (χ1v) is 8.98. The Morgan fingerprint density at radius 1 is 1.03 bits per heavy atom. The van der Waals surface area contributed by atoms with Crippen LogP contribution in [0.15, 0.2) is 48.7 Å². The van der Waals surface area contributed by atoms with Crippen molar-refractivity contribution in [1.29, 1.82) is 0 Å². The van der Waals surface area contributed by atoms with Crippen LogP contribution in [0.1, 0.15) is 18.3 Å². The lowest BCUT2D eigenvalue weighted by Crippen LogP contribution is -2.23. The van der Waals surface area contributed by atoms with E-state index in [0.29, 0.717) is 22.0 Å². The van der Waals surface area contributed by atoms with Gasteiger partial charge in [-0.15, -0.1) is 0 Å². The van der Waals surface area contributed by atoms with E-state index < -0.39 is 23.7 Å². The van der Waals surface area contributed by atoms with Gasteiger partial charge in [0.1, 0.15) is 11.3 Å². The zero-order valence-electron chi connectivity index (χ0n) is 15.3. The van der Waals surface area contributed by atoms with Crippen LogP contribution in [0.5, 0.6) is 0 Å². The Morgan fingerprint density at radius 2 is 1.79 bits per heavy atom. The Labute approximate surface area is 162 Å². The van der Waals surface area contributed by atoms with Crippen molar-refractivity contribution in [2.75, 3.05) is 0 Å². The van der Waals surface area contributed by atoms with Gasteiger partial charge in [0.25, 0.3) is 0 Å². The highest BCUT2D eigenvalue weighted by atomic mass is 19.4. The van der Waals surface area contributed by atoms with Gasteiger partial charge in [0.15, 0.2) is 11.6 Å². The van der Waals surface area contributed by atoms with Gasteiger partial charge in [-0.05, 0) is 35.9 Å². The number of imidazole rings is 1. The van der Waals surface area contributed by atoms with E-state index in [1.165, 1.54) is 12.3 Å². The first kappa shape index (κ1) is 19.3. The van der Waals surface area contributed by atoms with E-state index in [1.54, 1.807) is 34.9 Å². The molecule has 8 heteroatoms. The van der Waals surface area contributed by atoms with Gasteiger partial charge in [-0.3, -0.25) is 4.98 Å². The van der Waals surface area contributed by atoms with Crippen molar-refractivity contribution in [3.63, 3.8) is 0 Å². The molecule has 3 nitrogen and oxygen atoms in total. The molecule has 0 spiro atoms. The number of benzene rings is 2. The minimum atomic E-state index is -4.34. The van der Waals surface area contributed by atoms with Crippen molar-refractivity contribution in [3.05, 3.63) is 71.7 Å². The molecule has 1 atom stereocenters. The minimum Gasteiger partial charge on any atom is -0.323 e. The molecule has 1 unspecified atom stereocenters. The first-order chi connectivity index (χ1) is 13.8. The lowest BCUT2D eigenvalue weighted by atomic mass is 10.1. The summed E-state index contributed by atoms with van der Waals surface area (Å²) < 4.78 is 68.7. The number of hydrogen-bond donors (Lipinski definition) is 0. The molecule has 0 amide bonds. The Kier molecular flexibility index (Phi) is 4.72. The SMILES string of the molecule is CC(Cc1nc2ccccc2n1Cc1ccnc2c(F)c(F)ccc12)C(F)(F)F. The minimum absolute atomic E-state index is 0.114. The molecule has 0 aliphatic rings. The van der Waals surface area contributed by atoms with Crippen LogP contribution in [0.4, 0.5) is 22.0 Å². The van der Waals surface area contributed by atoms with Crippen molar-refractivity contribution < 1.29 is 22.0 Å². The normalized spacial score (nSPS) is 13.3. The second-order valence-electron chi connectivity index (χ2n) is 6.98. The number of nitrogens with zero attached hydrogens (tertiary/aromatic N) is 3. The number of rotatable bonds is 4. The molecule has 2 aromatic heterocycles. The highest BCUT2D eigenvalue weighted by Gasteiger charge is 2.37. The van der Waals surface area contributed by atoms with Crippen molar-refractivity contribution in [2.45, 2.75) is 26.1 Å². The molecule has 29 heavy (non-hydrogen) atoms. The number of pyridine rings is 1. The van der Waals surface area contributed by atoms with Gasteiger partial charge in [0, 0.05) is 18.0 Å². The van der Waals surface area contributed by atoms with Crippen LogP contribution in [0.3, 0.4) is 0 Å². The number of para-hydroxylation sites is 2. The largest absolute Gasteiger partial charge is 0.391 e. The quantitative estimate of drug-likeness (QED) is 0.411. The van der Waals surface area contributed by atoms with Gasteiger partial charge in [-0.2, -0.15) is 13.2 Å². The summed E-state index contributed by atoms with van der Waals surface area (Å²) in [7, 11) is 0. The van der Waals surface area contributed by atoms with Crippen molar-refractivity contribution in [2.24, 2.45) is 5.92 Å². The van der Waals surface area contributed by atoms with Gasteiger partial charge in [0.05, 0.1) is 23.5 Å². The van der Waals surface area contributed by atoms with E-state index in [1.807, 2.05) is 0 Å². The standard InChI is InChI=1S/C21H16F5N3/c1-12(21(24,25)26)10-18-28-16-4-2-3-5-17(16)29(18)11-13-8-9-27-20-14(13)6-7-15(22)19(20)23/h2-9,12H,10-11H2,1H3. The van der Waals surface area contributed by atoms with Crippen LogP contribution in [0.2, 0.25) is 0 Å². The summed E-state index contributed by atoms with van der Waals surface area (Å²) in [6, 6.07) is 11.1. The molecule has 4 aromatic rings. The molecule has 0 aliphatic carbocycles. The second kappa shape index (κ2) is 7.09. The Bertz CT molecular complexity index is 1200. The molecule has 2 heterocycles. The van der Waals surface area contributed by atoms with E-state index >= 15 is 0 Å². The van der Waals surface area contributed by atoms with Gasteiger partial charge in [-0.25, -0.2) is 13.8 Å². The predicted molar refractivity (Wildman–Crippen MR) is 99.4 cm³/mol. The number of halogens is 5. The average molecular weight is 405 g/mol. The summed E-state index contributed by atoms with van der Waals surface area (Å²) in [5, 5.41) is 0.402. The van der Waals surface area contributed by atoms with Crippen molar-refractivity contribution in [1.82, 2.24) is 14.5 Å². The fourth-order valence-corrected chi connectivity index (χ4v) is 3.37. The summed E-state index contributed by atoms with van der Waals surface area (Å²) in [4.78, 5) is 8.30. The molecular formula is C21H16F5N3. The number of aromatic nitrogens is 3. The van der Waals surface area contributed by atoms with Crippen LogP contribution in [0.25, 0.3) is 21.9 Å². The molecule has 0 saturated carbocycles. The van der Waals surface area contributed by atoms with E-state index in [9.17, 15) is 22.0 Å². The third-order valence-corrected chi connectivity index (χ3v) is 5.00. The van der Waals surface area contributed by atoms with Crippen molar-refractivity contribution >= 4 is 21.9 Å². The third-order valence-electron chi connectivity index (χ3n) is 5.00. The molecule has 0 saturated heterocycles. The number of fused-ring (bicyclic) bond motifs is 2. The smallest absolute Gasteiger partial charge is 0.323 e. The third kappa shape index (κ3) is 3.54. The fourth-order valence-electron chi connectivity index (χ4n) is 3.37. The van der Waals surface area contributed by atoms with E-state index in [2.05, 4.69) is 9.97 Å². The predicted octanol–water partition coefficient (Wildman–Crippen LogP) is 5.65. The Balaban J connectivity index is 1.83. The monoisotopic (exact) mass is 405 g/mol. The molecule has 0 aliphatic heterocycles. The van der Waals surface area contributed by atoms with E-state index in [-0.39, 0.29) is 24.3 Å². The maximum absolute atomic E-state index is 14.1.